The number of nitrogen functional groups attached to an aromatic ring is 1. The van der Waals surface area contributed by atoms with Gasteiger partial charge in [-0.3, -0.25) is 0 Å². The Morgan fingerprint density at radius 1 is 1.67 bits per heavy atom. The first-order valence-electron chi connectivity index (χ1n) is 5.19. The monoisotopic (exact) mass is 211 g/mol. The Bertz CT molecular complexity index is 320. The SMILES string of the molecule is COCCNCC1(c2cc(N)no2)CC1. The summed E-state index contributed by atoms with van der Waals surface area (Å²) < 4.78 is 10.2. The third-order valence-corrected chi connectivity index (χ3v) is 2.85. The second-order valence-corrected chi connectivity index (χ2v) is 4.07. The predicted octanol–water partition coefficient (Wildman–Crippen LogP) is 0.524. The van der Waals surface area contributed by atoms with Crippen molar-refractivity contribution in [3.8, 4) is 0 Å². The van der Waals surface area contributed by atoms with Crippen LogP contribution in [0.1, 0.15) is 18.6 Å². The van der Waals surface area contributed by atoms with Crippen LogP contribution in [0.4, 0.5) is 5.82 Å². The number of hydrogen-bond acceptors (Lipinski definition) is 5. The van der Waals surface area contributed by atoms with Gasteiger partial charge < -0.3 is 20.3 Å². The van der Waals surface area contributed by atoms with Crippen molar-refractivity contribution in [2.24, 2.45) is 0 Å². The van der Waals surface area contributed by atoms with E-state index in [1.807, 2.05) is 6.07 Å². The van der Waals surface area contributed by atoms with Gasteiger partial charge in [0.05, 0.1) is 6.61 Å². The molecule has 1 heterocycles. The van der Waals surface area contributed by atoms with Gasteiger partial charge in [-0.2, -0.15) is 0 Å². The highest BCUT2D eigenvalue weighted by molar-refractivity contribution is 5.33. The highest BCUT2D eigenvalue weighted by Gasteiger charge is 2.47. The standard InChI is InChI=1S/C10H17N3O2/c1-14-5-4-12-7-10(2-3-10)8-6-9(11)13-15-8/h6,12H,2-5,7H2,1H3,(H2,11,13). The van der Waals surface area contributed by atoms with Gasteiger partial charge in [0.15, 0.2) is 5.82 Å². The maximum absolute atomic E-state index is 5.53. The molecule has 0 atom stereocenters. The molecule has 0 bridgehead atoms. The molecule has 1 aromatic rings. The Kier molecular flexibility index (Phi) is 2.93. The number of nitrogens with zero attached hydrogens (tertiary/aromatic N) is 1. The Labute approximate surface area is 88.9 Å². The van der Waals surface area contributed by atoms with Crippen LogP contribution in [-0.4, -0.2) is 32.0 Å². The van der Waals surface area contributed by atoms with Crippen molar-refractivity contribution in [3.63, 3.8) is 0 Å². The van der Waals surface area contributed by atoms with Gasteiger partial charge in [0, 0.05) is 31.7 Å². The first-order valence-corrected chi connectivity index (χ1v) is 5.19. The van der Waals surface area contributed by atoms with E-state index < -0.39 is 0 Å². The van der Waals surface area contributed by atoms with E-state index in [1.54, 1.807) is 7.11 Å². The maximum Gasteiger partial charge on any atom is 0.167 e. The topological polar surface area (TPSA) is 73.3 Å². The summed E-state index contributed by atoms with van der Waals surface area (Å²) in [6, 6.07) is 1.82. The van der Waals surface area contributed by atoms with E-state index in [9.17, 15) is 0 Å². The Morgan fingerprint density at radius 3 is 3.00 bits per heavy atom. The maximum atomic E-state index is 5.53. The van der Waals surface area contributed by atoms with Crippen LogP contribution in [0, 0.1) is 0 Å². The second-order valence-electron chi connectivity index (χ2n) is 4.07. The minimum atomic E-state index is 0.137. The van der Waals surface area contributed by atoms with E-state index in [4.69, 9.17) is 15.0 Å². The van der Waals surface area contributed by atoms with Gasteiger partial charge >= 0.3 is 0 Å². The molecule has 2 rings (SSSR count). The molecule has 0 spiro atoms. The fourth-order valence-electron chi connectivity index (χ4n) is 1.70. The molecule has 0 radical (unpaired) electrons. The normalized spacial score (nSPS) is 17.9. The van der Waals surface area contributed by atoms with Gasteiger partial charge in [0.1, 0.15) is 5.76 Å². The minimum Gasteiger partial charge on any atom is -0.383 e. The summed E-state index contributed by atoms with van der Waals surface area (Å²) in [7, 11) is 1.70. The number of rotatable bonds is 6. The lowest BCUT2D eigenvalue weighted by Gasteiger charge is -2.11. The molecule has 5 heteroatoms. The number of ether oxygens (including phenoxy) is 1. The Hall–Kier alpha value is -1.07. The van der Waals surface area contributed by atoms with Crippen LogP contribution in [0.5, 0.6) is 0 Å². The highest BCUT2D eigenvalue weighted by Crippen LogP contribution is 2.47. The Morgan fingerprint density at radius 2 is 2.47 bits per heavy atom. The molecule has 0 aromatic carbocycles. The van der Waals surface area contributed by atoms with Crippen molar-refractivity contribution in [1.29, 1.82) is 0 Å². The largest absolute Gasteiger partial charge is 0.383 e. The zero-order valence-electron chi connectivity index (χ0n) is 8.95. The number of nitrogens with one attached hydrogen (secondary N) is 1. The van der Waals surface area contributed by atoms with Gasteiger partial charge in [0.2, 0.25) is 0 Å². The molecular formula is C10H17N3O2. The minimum absolute atomic E-state index is 0.137. The van der Waals surface area contributed by atoms with Crippen molar-refractivity contribution >= 4 is 5.82 Å². The summed E-state index contributed by atoms with van der Waals surface area (Å²) in [6.45, 7) is 2.50. The number of nitrogens with two attached hydrogens (primary N) is 1. The van der Waals surface area contributed by atoms with Crippen molar-refractivity contribution in [2.75, 3.05) is 32.5 Å². The molecule has 1 aliphatic rings. The Balaban J connectivity index is 1.85. The predicted molar refractivity (Wildman–Crippen MR) is 56.6 cm³/mol. The second kappa shape index (κ2) is 4.20. The van der Waals surface area contributed by atoms with Crippen LogP contribution in [0.15, 0.2) is 10.6 Å². The summed E-state index contributed by atoms with van der Waals surface area (Å²) in [4.78, 5) is 0. The number of hydrogen-bond donors (Lipinski definition) is 2. The lowest BCUT2D eigenvalue weighted by Crippen LogP contribution is -2.29. The van der Waals surface area contributed by atoms with Crippen molar-refractivity contribution < 1.29 is 9.26 Å². The van der Waals surface area contributed by atoms with Crippen molar-refractivity contribution in [3.05, 3.63) is 11.8 Å². The van der Waals surface area contributed by atoms with Gasteiger partial charge in [-0.05, 0) is 12.8 Å². The molecule has 0 aliphatic heterocycles. The molecule has 1 saturated carbocycles. The zero-order chi connectivity index (χ0) is 10.7. The third kappa shape index (κ3) is 2.30. The third-order valence-electron chi connectivity index (χ3n) is 2.85. The van der Waals surface area contributed by atoms with Crippen LogP contribution in [0.2, 0.25) is 0 Å². The fourth-order valence-corrected chi connectivity index (χ4v) is 1.70. The summed E-state index contributed by atoms with van der Waals surface area (Å²) in [6.07, 6.45) is 2.28. The van der Waals surface area contributed by atoms with Crippen LogP contribution in [0.3, 0.4) is 0 Å². The highest BCUT2D eigenvalue weighted by atomic mass is 16.5. The van der Waals surface area contributed by atoms with Crippen LogP contribution in [-0.2, 0) is 10.2 Å². The van der Waals surface area contributed by atoms with Gasteiger partial charge in [-0.25, -0.2) is 0 Å². The number of methoxy groups -OCH3 is 1. The number of aromatic nitrogens is 1. The average molecular weight is 211 g/mol. The molecule has 1 aromatic heterocycles. The van der Waals surface area contributed by atoms with Crippen molar-refractivity contribution in [2.45, 2.75) is 18.3 Å². The van der Waals surface area contributed by atoms with E-state index in [-0.39, 0.29) is 5.41 Å². The quantitative estimate of drug-likeness (QED) is 0.671. The lowest BCUT2D eigenvalue weighted by molar-refractivity contribution is 0.198. The first kappa shape index (κ1) is 10.4. The van der Waals surface area contributed by atoms with E-state index in [1.165, 1.54) is 0 Å². The summed E-state index contributed by atoms with van der Waals surface area (Å²) >= 11 is 0. The fraction of sp³-hybridized carbons (Fsp3) is 0.700. The summed E-state index contributed by atoms with van der Waals surface area (Å²) in [5.41, 5.74) is 5.67. The van der Waals surface area contributed by atoms with Crippen LogP contribution >= 0.6 is 0 Å². The molecule has 1 aliphatic carbocycles. The van der Waals surface area contributed by atoms with E-state index >= 15 is 0 Å². The van der Waals surface area contributed by atoms with Crippen LogP contribution < -0.4 is 11.1 Å². The van der Waals surface area contributed by atoms with E-state index in [2.05, 4.69) is 10.5 Å². The van der Waals surface area contributed by atoms with Gasteiger partial charge in [-0.15, -0.1) is 0 Å². The molecule has 84 valence electrons. The molecule has 0 amide bonds. The summed E-state index contributed by atoms with van der Waals surface area (Å²) in [5.74, 6) is 1.37. The van der Waals surface area contributed by atoms with E-state index in [0.29, 0.717) is 5.82 Å². The zero-order valence-corrected chi connectivity index (χ0v) is 8.95. The van der Waals surface area contributed by atoms with Crippen LogP contribution in [0.25, 0.3) is 0 Å². The molecular weight excluding hydrogens is 194 g/mol. The van der Waals surface area contributed by atoms with Crippen molar-refractivity contribution in [1.82, 2.24) is 10.5 Å². The van der Waals surface area contributed by atoms with E-state index in [0.717, 1.165) is 38.3 Å². The molecule has 1 fully saturated rings. The number of anilines is 1. The molecule has 15 heavy (non-hydrogen) atoms. The molecule has 0 unspecified atom stereocenters. The molecule has 0 saturated heterocycles. The van der Waals surface area contributed by atoms with Gasteiger partial charge in [-0.1, -0.05) is 5.16 Å². The van der Waals surface area contributed by atoms with Gasteiger partial charge in [0.25, 0.3) is 0 Å². The molecule has 3 N–H and O–H groups in total. The smallest absolute Gasteiger partial charge is 0.167 e. The average Bonchev–Trinajstić information content (AvgIpc) is 2.90. The lowest BCUT2D eigenvalue weighted by atomic mass is 10.0. The first-order chi connectivity index (χ1) is 7.27. The molecule has 5 nitrogen and oxygen atoms in total. The summed E-state index contributed by atoms with van der Waals surface area (Å²) in [5, 5.41) is 7.06.